The summed E-state index contributed by atoms with van der Waals surface area (Å²) in [7, 11) is -0.0724. The number of hydrogen-bond acceptors (Lipinski definition) is 7. The van der Waals surface area contributed by atoms with E-state index in [-0.39, 0.29) is 5.16 Å². The summed E-state index contributed by atoms with van der Waals surface area (Å²) >= 11 is 0. The molecule has 0 saturated carbocycles. The molecule has 8 heteroatoms. The highest BCUT2D eigenvalue weighted by molar-refractivity contribution is 7.90. The van der Waals surface area contributed by atoms with Gasteiger partial charge in [-0.25, -0.2) is 18.4 Å². The third kappa shape index (κ3) is 3.66. The molecule has 2 aromatic rings. The van der Waals surface area contributed by atoms with Crippen molar-refractivity contribution in [2.45, 2.75) is 31.6 Å². The summed E-state index contributed by atoms with van der Waals surface area (Å²) in [4.78, 5) is 10.5. The molecule has 2 heterocycles. The first-order valence-electron chi connectivity index (χ1n) is 8.31. The first-order valence-corrected chi connectivity index (χ1v) is 10.2. The highest BCUT2D eigenvalue weighted by Crippen LogP contribution is 2.32. The van der Waals surface area contributed by atoms with Gasteiger partial charge in [0.05, 0.1) is 19.9 Å². The molecule has 0 N–H and O–H groups in total. The molecule has 3 rings (SSSR count). The Bertz CT molecular complexity index is 928. The maximum atomic E-state index is 11.6. The van der Waals surface area contributed by atoms with E-state index in [9.17, 15) is 8.42 Å². The Hall–Kier alpha value is -2.19. The van der Waals surface area contributed by atoms with Crippen LogP contribution in [0.25, 0.3) is 0 Å². The number of aromatic nitrogens is 2. The standard InChI is InChI=1S/C18H23N3O4S/c1-12-16(24-2)6-5-13(17(12)25-3)10-21-8-7-15-14(11-21)9-19-18(20-15)26(4,22)23/h5-6,9H,7-8,10-11H2,1-4H3. The monoisotopic (exact) mass is 377 g/mol. The van der Waals surface area contributed by atoms with Crippen LogP contribution in [0, 0.1) is 6.92 Å². The van der Waals surface area contributed by atoms with Gasteiger partial charge in [-0.1, -0.05) is 6.07 Å². The Morgan fingerprint density at radius 1 is 1.23 bits per heavy atom. The first kappa shape index (κ1) is 18.6. The van der Waals surface area contributed by atoms with Crippen LogP contribution >= 0.6 is 0 Å². The predicted molar refractivity (Wildman–Crippen MR) is 97.2 cm³/mol. The minimum atomic E-state index is -3.38. The molecule has 0 fully saturated rings. The summed E-state index contributed by atoms with van der Waals surface area (Å²) in [6.07, 6.45) is 3.45. The second kappa shape index (κ2) is 7.20. The van der Waals surface area contributed by atoms with Crippen LogP contribution in [-0.2, 0) is 29.3 Å². The largest absolute Gasteiger partial charge is 0.496 e. The number of nitrogens with zero attached hydrogens (tertiary/aromatic N) is 3. The van der Waals surface area contributed by atoms with E-state index in [1.807, 2.05) is 19.1 Å². The fourth-order valence-electron chi connectivity index (χ4n) is 3.27. The normalized spacial score (nSPS) is 14.8. The van der Waals surface area contributed by atoms with Crippen LogP contribution in [0.5, 0.6) is 11.5 Å². The van der Waals surface area contributed by atoms with Crippen molar-refractivity contribution >= 4 is 9.84 Å². The number of sulfone groups is 1. The van der Waals surface area contributed by atoms with Crippen molar-refractivity contribution in [3.8, 4) is 11.5 Å². The van der Waals surface area contributed by atoms with E-state index >= 15 is 0 Å². The fourth-order valence-corrected chi connectivity index (χ4v) is 3.79. The Morgan fingerprint density at radius 3 is 2.65 bits per heavy atom. The lowest BCUT2D eigenvalue weighted by molar-refractivity contribution is 0.238. The van der Waals surface area contributed by atoms with Gasteiger partial charge in [-0.2, -0.15) is 0 Å². The predicted octanol–water partition coefficient (Wildman–Crippen LogP) is 1.76. The van der Waals surface area contributed by atoms with Crippen molar-refractivity contribution < 1.29 is 17.9 Å². The van der Waals surface area contributed by atoms with Crippen molar-refractivity contribution in [2.24, 2.45) is 0 Å². The van der Waals surface area contributed by atoms with E-state index in [4.69, 9.17) is 9.47 Å². The van der Waals surface area contributed by atoms with Crippen LogP contribution in [0.1, 0.15) is 22.4 Å². The lowest BCUT2D eigenvalue weighted by atomic mass is 10.0. The third-order valence-electron chi connectivity index (χ3n) is 4.58. The van der Waals surface area contributed by atoms with Gasteiger partial charge in [0.15, 0.2) is 0 Å². The van der Waals surface area contributed by atoms with E-state index in [1.54, 1.807) is 20.4 Å². The number of benzene rings is 1. The van der Waals surface area contributed by atoms with Gasteiger partial charge >= 0.3 is 0 Å². The topological polar surface area (TPSA) is 81.6 Å². The summed E-state index contributed by atoms with van der Waals surface area (Å²) in [6, 6.07) is 3.97. The van der Waals surface area contributed by atoms with Crippen molar-refractivity contribution in [2.75, 3.05) is 27.0 Å². The number of hydrogen-bond donors (Lipinski definition) is 0. The Kier molecular flexibility index (Phi) is 5.15. The maximum Gasteiger partial charge on any atom is 0.246 e. The van der Waals surface area contributed by atoms with E-state index in [0.29, 0.717) is 13.0 Å². The maximum absolute atomic E-state index is 11.6. The summed E-state index contributed by atoms with van der Waals surface area (Å²) in [6.45, 7) is 4.17. The average molecular weight is 377 g/mol. The minimum absolute atomic E-state index is 0.0999. The van der Waals surface area contributed by atoms with Crippen LogP contribution in [0.3, 0.4) is 0 Å². The van der Waals surface area contributed by atoms with Gasteiger partial charge in [0.25, 0.3) is 0 Å². The molecule has 0 radical (unpaired) electrons. The quantitative estimate of drug-likeness (QED) is 0.735. The molecule has 0 amide bonds. The lowest BCUT2D eigenvalue weighted by Gasteiger charge is -2.28. The van der Waals surface area contributed by atoms with Gasteiger partial charge in [-0.15, -0.1) is 0 Å². The molecule has 1 aliphatic heterocycles. The number of ether oxygens (including phenoxy) is 2. The van der Waals surface area contributed by atoms with Crippen LogP contribution in [-0.4, -0.2) is 50.3 Å². The zero-order chi connectivity index (χ0) is 18.9. The molecular formula is C18H23N3O4S. The van der Waals surface area contributed by atoms with Crippen molar-refractivity contribution in [1.29, 1.82) is 0 Å². The SMILES string of the molecule is COc1ccc(CN2CCc3nc(S(C)(=O)=O)ncc3C2)c(OC)c1C. The van der Waals surface area contributed by atoms with Crippen LogP contribution in [0.4, 0.5) is 0 Å². The van der Waals surface area contributed by atoms with Crippen molar-refractivity contribution in [1.82, 2.24) is 14.9 Å². The smallest absolute Gasteiger partial charge is 0.246 e. The molecule has 1 aromatic carbocycles. The average Bonchev–Trinajstić information content (AvgIpc) is 2.61. The zero-order valence-corrected chi connectivity index (χ0v) is 16.3. The van der Waals surface area contributed by atoms with E-state index in [2.05, 4.69) is 14.9 Å². The summed E-state index contributed by atoms with van der Waals surface area (Å²) in [5, 5.41) is -0.0999. The lowest BCUT2D eigenvalue weighted by Crippen LogP contribution is -2.31. The van der Waals surface area contributed by atoms with Gasteiger partial charge in [-0.05, 0) is 13.0 Å². The number of rotatable bonds is 5. The summed E-state index contributed by atoms with van der Waals surface area (Å²) < 4.78 is 34.2. The van der Waals surface area contributed by atoms with Gasteiger partial charge in [0.2, 0.25) is 15.0 Å². The molecule has 0 spiro atoms. The van der Waals surface area contributed by atoms with Crippen molar-refractivity contribution in [3.63, 3.8) is 0 Å². The highest BCUT2D eigenvalue weighted by Gasteiger charge is 2.22. The molecule has 0 aliphatic carbocycles. The van der Waals surface area contributed by atoms with E-state index < -0.39 is 9.84 Å². The molecular weight excluding hydrogens is 354 g/mol. The highest BCUT2D eigenvalue weighted by atomic mass is 32.2. The molecule has 26 heavy (non-hydrogen) atoms. The van der Waals surface area contributed by atoms with E-state index in [1.165, 1.54) is 0 Å². The third-order valence-corrected chi connectivity index (χ3v) is 5.44. The molecule has 140 valence electrons. The molecule has 0 bridgehead atoms. The Morgan fingerprint density at radius 2 is 2.00 bits per heavy atom. The van der Waals surface area contributed by atoms with Crippen LogP contribution < -0.4 is 9.47 Å². The molecule has 0 atom stereocenters. The first-order chi connectivity index (χ1) is 12.3. The molecule has 1 aromatic heterocycles. The fraction of sp³-hybridized carbons (Fsp3) is 0.444. The second-order valence-electron chi connectivity index (χ2n) is 6.44. The molecule has 0 unspecified atom stereocenters. The minimum Gasteiger partial charge on any atom is -0.496 e. The molecule has 7 nitrogen and oxygen atoms in total. The summed E-state index contributed by atoms with van der Waals surface area (Å²) in [5.41, 5.74) is 3.84. The van der Waals surface area contributed by atoms with Gasteiger partial charge < -0.3 is 9.47 Å². The second-order valence-corrected chi connectivity index (χ2v) is 8.35. The molecule has 0 saturated heterocycles. The van der Waals surface area contributed by atoms with Crippen molar-refractivity contribution in [3.05, 3.63) is 40.7 Å². The number of fused-ring (bicyclic) bond motifs is 1. The zero-order valence-electron chi connectivity index (χ0n) is 15.4. The van der Waals surface area contributed by atoms with Gasteiger partial charge in [0, 0.05) is 55.2 Å². The van der Waals surface area contributed by atoms with Gasteiger partial charge in [-0.3, -0.25) is 4.90 Å². The van der Waals surface area contributed by atoms with E-state index in [0.717, 1.165) is 53.2 Å². The number of methoxy groups -OCH3 is 2. The van der Waals surface area contributed by atoms with Crippen LogP contribution in [0.2, 0.25) is 0 Å². The molecule has 1 aliphatic rings. The van der Waals surface area contributed by atoms with Crippen LogP contribution in [0.15, 0.2) is 23.5 Å². The Balaban J connectivity index is 1.81. The Labute approximate surface area is 153 Å². The van der Waals surface area contributed by atoms with Gasteiger partial charge in [0.1, 0.15) is 11.5 Å². The summed E-state index contributed by atoms with van der Waals surface area (Å²) in [5.74, 6) is 1.63.